The summed E-state index contributed by atoms with van der Waals surface area (Å²) >= 11 is 15.3. The van der Waals surface area contributed by atoms with Gasteiger partial charge < -0.3 is 5.11 Å². The van der Waals surface area contributed by atoms with Crippen molar-refractivity contribution in [2.24, 2.45) is 0 Å². The third-order valence-corrected chi connectivity index (χ3v) is 3.70. The number of halogens is 3. The average Bonchev–Trinajstić information content (AvgIpc) is 2.28. The highest BCUT2D eigenvalue weighted by molar-refractivity contribution is 9.10. The predicted octanol–water partition coefficient (Wildman–Crippen LogP) is 5.03. The maximum Gasteiger partial charge on any atom is 0.0844 e. The number of aliphatic hydroxyl groups excluding tert-OH is 1. The third kappa shape index (κ3) is 3.48. The highest BCUT2D eigenvalue weighted by atomic mass is 79.9. The highest BCUT2D eigenvalue weighted by Gasteiger charge is 2.12. The first-order valence-corrected chi connectivity index (χ1v) is 6.98. The molecular formula is C14H11BrCl2O. The van der Waals surface area contributed by atoms with Crippen molar-refractivity contribution >= 4 is 39.1 Å². The minimum atomic E-state index is -0.635. The number of hydrogen-bond donors (Lipinski definition) is 1. The minimum Gasteiger partial charge on any atom is -0.388 e. The summed E-state index contributed by atoms with van der Waals surface area (Å²) in [6.45, 7) is 0. The van der Waals surface area contributed by atoms with Gasteiger partial charge in [0.05, 0.1) is 6.10 Å². The van der Waals surface area contributed by atoms with Crippen LogP contribution in [0.25, 0.3) is 0 Å². The van der Waals surface area contributed by atoms with Gasteiger partial charge in [-0.2, -0.15) is 0 Å². The van der Waals surface area contributed by atoms with Crippen LogP contribution in [0, 0.1) is 0 Å². The van der Waals surface area contributed by atoms with E-state index in [0.717, 1.165) is 10.0 Å². The molecule has 1 N–H and O–H groups in total. The van der Waals surface area contributed by atoms with E-state index in [4.69, 9.17) is 23.2 Å². The fraction of sp³-hybridized carbons (Fsp3) is 0.143. The quantitative estimate of drug-likeness (QED) is 0.826. The molecule has 0 amide bonds. The van der Waals surface area contributed by atoms with Gasteiger partial charge in [0.2, 0.25) is 0 Å². The first-order chi connectivity index (χ1) is 8.56. The van der Waals surface area contributed by atoms with Gasteiger partial charge in [0.15, 0.2) is 0 Å². The molecule has 0 bridgehead atoms. The number of benzene rings is 2. The van der Waals surface area contributed by atoms with E-state index in [1.54, 1.807) is 18.2 Å². The van der Waals surface area contributed by atoms with Gasteiger partial charge in [-0.25, -0.2) is 0 Å². The molecular weight excluding hydrogens is 335 g/mol. The fourth-order valence-electron chi connectivity index (χ4n) is 1.77. The molecule has 2 aromatic rings. The summed E-state index contributed by atoms with van der Waals surface area (Å²) in [5, 5.41) is 11.3. The first-order valence-electron chi connectivity index (χ1n) is 5.44. The molecule has 0 saturated carbocycles. The van der Waals surface area contributed by atoms with Gasteiger partial charge in [-0.05, 0) is 35.4 Å². The second-order valence-electron chi connectivity index (χ2n) is 4.02. The molecule has 0 aromatic heterocycles. The topological polar surface area (TPSA) is 20.2 Å². The molecule has 0 saturated heterocycles. The first kappa shape index (κ1) is 13.9. The SMILES string of the molecule is OC(Cc1cccc(Br)c1)c1ccc(Cl)cc1Cl. The lowest BCUT2D eigenvalue weighted by atomic mass is 10.0. The highest BCUT2D eigenvalue weighted by Crippen LogP contribution is 2.28. The molecule has 2 rings (SSSR count). The lowest BCUT2D eigenvalue weighted by Crippen LogP contribution is -2.02. The monoisotopic (exact) mass is 344 g/mol. The second kappa shape index (κ2) is 6.07. The van der Waals surface area contributed by atoms with Crippen molar-refractivity contribution < 1.29 is 5.11 Å². The molecule has 0 fully saturated rings. The van der Waals surface area contributed by atoms with Gasteiger partial charge in [-0.15, -0.1) is 0 Å². The number of rotatable bonds is 3. The van der Waals surface area contributed by atoms with Crippen LogP contribution < -0.4 is 0 Å². The van der Waals surface area contributed by atoms with E-state index in [2.05, 4.69) is 15.9 Å². The molecule has 1 atom stereocenters. The van der Waals surface area contributed by atoms with Crippen LogP contribution in [0.15, 0.2) is 46.9 Å². The molecule has 18 heavy (non-hydrogen) atoms. The molecule has 94 valence electrons. The van der Waals surface area contributed by atoms with Crippen molar-refractivity contribution in [3.63, 3.8) is 0 Å². The summed E-state index contributed by atoms with van der Waals surface area (Å²) in [6, 6.07) is 13.0. The van der Waals surface area contributed by atoms with Crippen molar-refractivity contribution in [3.8, 4) is 0 Å². The van der Waals surface area contributed by atoms with Crippen LogP contribution in [0.5, 0.6) is 0 Å². The summed E-state index contributed by atoms with van der Waals surface area (Å²) in [5.41, 5.74) is 1.74. The molecule has 1 nitrogen and oxygen atoms in total. The van der Waals surface area contributed by atoms with Crippen molar-refractivity contribution in [2.45, 2.75) is 12.5 Å². The van der Waals surface area contributed by atoms with Crippen molar-refractivity contribution in [1.82, 2.24) is 0 Å². The summed E-state index contributed by atoms with van der Waals surface area (Å²) in [6.07, 6.45) is -0.120. The molecule has 4 heteroatoms. The average molecular weight is 346 g/mol. The van der Waals surface area contributed by atoms with Crippen molar-refractivity contribution in [1.29, 1.82) is 0 Å². The van der Waals surface area contributed by atoms with E-state index in [0.29, 0.717) is 22.0 Å². The van der Waals surface area contributed by atoms with E-state index >= 15 is 0 Å². The Morgan fingerprint density at radius 3 is 2.56 bits per heavy atom. The Kier molecular flexibility index (Phi) is 4.68. The fourth-order valence-corrected chi connectivity index (χ4v) is 2.75. The zero-order valence-corrected chi connectivity index (χ0v) is 12.5. The number of aliphatic hydroxyl groups is 1. The van der Waals surface area contributed by atoms with Crippen LogP contribution in [0.1, 0.15) is 17.2 Å². The Morgan fingerprint density at radius 1 is 1.11 bits per heavy atom. The van der Waals surface area contributed by atoms with E-state index in [9.17, 15) is 5.11 Å². The van der Waals surface area contributed by atoms with E-state index in [1.165, 1.54) is 0 Å². The molecule has 0 aliphatic heterocycles. The van der Waals surface area contributed by atoms with Crippen LogP contribution in [0.2, 0.25) is 10.0 Å². The van der Waals surface area contributed by atoms with Gasteiger partial charge in [-0.1, -0.05) is 57.3 Å². The summed E-state index contributed by atoms with van der Waals surface area (Å²) in [5.74, 6) is 0. The third-order valence-electron chi connectivity index (χ3n) is 2.64. The van der Waals surface area contributed by atoms with Crippen molar-refractivity contribution in [2.75, 3.05) is 0 Å². The molecule has 2 aromatic carbocycles. The Hall–Kier alpha value is -0.540. The Balaban J connectivity index is 2.19. The van der Waals surface area contributed by atoms with Gasteiger partial charge in [0.1, 0.15) is 0 Å². The zero-order chi connectivity index (χ0) is 13.1. The zero-order valence-electron chi connectivity index (χ0n) is 9.41. The summed E-state index contributed by atoms with van der Waals surface area (Å²) in [4.78, 5) is 0. The van der Waals surface area contributed by atoms with E-state index in [-0.39, 0.29) is 0 Å². The maximum atomic E-state index is 10.2. The van der Waals surface area contributed by atoms with Gasteiger partial charge in [-0.3, -0.25) is 0 Å². The Morgan fingerprint density at radius 2 is 1.89 bits per heavy atom. The molecule has 0 aliphatic rings. The largest absolute Gasteiger partial charge is 0.388 e. The van der Waals surface area contributed by atoms with E-state index < -0.39 is 6.10 Å². The molecule has 0 aliphatic carbocycles. The predicted molar refractivity (Wildman–Crippen MR) is 79.3 cm³/mol. The van der Waals surface area contributed by atoms with E-state index in [1.807, 2.05) is 24.3 Å². The van der Waals surface area contributed by atoms with Crippen LogP contribution >= 0.6 is 39.1 Å². The minimum absolute atomic E-state index is 0.491. The molecule has 1 unspecified atom stereocenters. The van der Waals surface area contributed by atoms with Crippen LogP contribution in [-0.2, 0) is 6.42 Å². The normalized spacial score (nSPS) is 12.4. The van der Waals surface area contributed by atoms with Gasteiger partial charge in [0.25, 0.3) is 0 Å². The van der Waals surface area contributed by atoms with Crippen molar-refractivity contribution in [3.05, 3.63) is 68.1 Å². The maximum absolute atomic E-state index is 10.2. The molecule has 0 radical (unpaired) electrons. The summed E-state index contributed by atoms with van der Waals surface area (Å²) in [7, 11) is 0. The van der Waals surface area contributed by atoms with Crippen LogP contribution in [-0.4, -0.2) is 5.11 Å². The number of hydrogen-bond acceptors (Lipinski definition) is 1. The van der Waals surface area contributed by atoms with Crippen LogP contribution in [0.4, 0.5) is 0 Å². The smallest absolute Gasteiger partial charge is 0.0844 e. The Labute approximate surface area is 124 Å². The molecule has 0 spiro atoms. The van der Waals surface area contributed by atoms with Gasteiger partial charge >= 0.3 is 0 Å². The van der Waals surface area contributed by atoms with Gasteiger partial charge in [0, 0.05) is 20.9 Å². The molecule has 0 heterocycles. The lowest BCUT2D eigenvalue weighted by Gasteiger charge is -2.13. The standard InChI is InChI=1S/C14H11BrCl2O/c15-10-3-1-2-9(6-10)7-14(18)12-5-4-11(16)8-13(12)17/h1-6,8,14,18H,7H2. The Bertz CT molecular complexity index is 557. The van der Waals surface area contributed by atoms with Crippen LogP contribution in [0.3, 0.4) is 0 Å². The lowest BCUT2D eigenvalue weighted by molar-refractivity contribution is 0.178. The summed E-state index contributed by atoms with van der Waals surface area (Å²) < 4.78 is 0.995. The second-order valence-corrected chi connectivity index (χ2v) is 5.77.